The minimum Gasteiger partial charge on any atom is -0.396 e. The van der Waals surface area contributed by atoms with E-state index in [1.165, 1.54) is 0 Å². The summed E-state index contributed by atoms with van der Waals surface area (Å²) in [5.74, 6) is -2.90. The maximum atomic E-state index is 13.0. The minimum atomic E-state index is -2.59. The molecule has 0 unspecified atom stereocenters. The minimum absolute atomic E-state index is 0.0334. The first-order valence-corrected chi connectivity index (χ1v) is 6.66. The lowest BCUT2D eigenvalue weighted by Crippen LogP contribution is -2.43. The predicted octanol–water partition coefficient (Wildman–Crippen LogP) is 2.43. The second-order valence-electron chi connectivity index (χ2n) is 5.33. The van der Waals surface area contributed by atoms with Crippen molar-refractivity contribution >= 4 is 5.91 Å². The van der Waals surface area contributed by atoms with Gasteiger partial charge in [-0.25, -0.2) is 8.78 Å². The van der Waals surface area contributed by atoms with Gasteiger partial charge < -0.3 is 10.0 Å². The van der Waals surface area contributed by atoms with Crippen LogP contribution < -0.4 is 0 Å². The molecule has 0 atom stereocenters. The Morgan fingerprint density at radius 1 is 1.39 bits per heavy atom. The van der Waals surface area contributed by atoms with Crippen molar-refractivity contribution in [1.29, 1.82) is 0 Å². The molecule has 106 valence electrons. The molecule has 1 saturated carbocycles. The molecule has 1 rings (SSSR count). The van der Waals surface area contributed by atoms with E-state index in [1.807, 2.05) is 13.8 Å². The van der Waals surface area contributed by atoms with Gasteiger partial charge in [0.25, 0.3) is 0 Å². The highest BCUT2D eigenvalue weighted by atomic mass is 19.3. The van der Waals surface area contributed by atoms with Gasteiger partial charge >= 0.3 is 0 Å². The van der Waals surface area contributed by atoms with Crippen LogP contribution in [0.25, 0.3) is 0 Å². The van der Waals surface area contributed by atoms with E-state index < -0.39 is 5.92 Å². The van der Waals surface area contributed by atoms with E-state index in [0.29, 0.717) is 13.0 Å². The number of alkyl halides is 2. The Bertz CT molecular complexity index is 272. The Morgan fingerprint density at radius 2 is 1.94 bits per heavy atom. The summed E-state index contributed by atoms with van der Waals surface area (Å²) in [6.45, 7) is 4.36. The number of amides is 1. The summed E-state index contributed by atoms with van der Waals surface area (Å²) in [5.41, 5.74) is 0. The average Bonchev–Trinajstić information content (AvgIpc) is 2.28. The van der Waals surface area contributed by atoms with Gasteiger partial charge in [0.2, 0.25) is 11.8 Å². The molecule has 0 bridgehead atoms. The van der Waals surface area contributed by atoms with Crippen LogP contribution in [0.3, 0.4) is 0 Å². The zero-order valence-electron chi connectivity index (χ0n) is 11.2. The maximum absolute atomic E-state index is 13.0. The van der Waals surface area contributed by atoms with Crippen molar-refractivity contribution in [3.63, 3.8) is 0 Å². The predicted molar refractivity (Wildman–Crippen MR) is 65.5 cm³/mol. The van der Waals surface area contributed by atoms with Gasteiger partial charge in [0, 0.05) is 38.0 Å². The fourth-order valence-electron chi connectivity index (χ4n) is 2.39. The number of nitrogens with zero attached hydrogens (tertiary/aromatic N) is 1. The van der Waals surface area contributed by atoms with Crippen LogP contribution in [-0.2, 0) is 4.79 Å². The van der Waals surface area contributed by atoms with E-state index in [9.17, 15) is 13.6 Å². The smallest absolute Gasteiger partial charge is 0.248 e. The molecule has 1 aliphatic carbocycles. The average molecular weight is 263 g/mol. The summed E-state index contributed by atoms with van der Waals surface area (Å²) in [6.07, 6.45) is 0.708. The Balaban J connectivity index is 2.56. The van der Waals surface area contributed by atoms with Crippen LogP contribution in [0.1, 0.15) is 46.0 Å². The standard InChI is InChI=1S/C13H23F2NO2/c1-10(2)16(8-3-9-17)12(18)11-4-6-13(14,15)7-5-11/h10-11,17H,3-9H2,1-2H3. The molecule has 0 aromatic rings. The Labute approximate surface area is 107 Å². The first-order valence-electron chi connectivity index (χ1n) is 6.66. The van der Waals surface area contributed by atoms with Crippen LogP contribution in [0.5, 0.6) is 0 Å². The molecule has 0 saturated heterocycles. The highest BCUT2D eigenvalue weighted by Crippen LogP contribution is 2.37. The summed E-state index contributed by atoms with van der Waals surface area (Å²) in [4.78, 5) is 14.0. The van der Waals surface area contributed by atoms with E-state index in [4.69, 9.17) is 5.11 Å². The molecule has 0 radical (unpaired) electrons. The summed E-state index contributed by atoms with van der Waals surface area (Å²) < 4.78 is 26.1. The fourth-order valence-corrected chi connectivity index (χ4v) is 2.39. The highest BCUT2D eigenvalue weighted by molar-refractivity contribution is 5.79. The van der Waals surface area contributed by atoms with Crippen LogP contribution in [0.4, 0.5) is 8.78 Å². The summed E-state index contributed by atoms with van der Waals surface area (Å²) >= 11 is 0. The van der Waals surface area contributed by atoms with Gasteiger partial charge in [-0.3, -0.25) is 4.79 Å². The first-order chi connectivity index (χ1) is 8.37. The number of rotatable bonds is 5. The van der Waals surface area contributed by atoms with E-state index in [2.05, 4.69) is 0 Å². The van der Waals surface area contributed by atoms with Gasteiger partial charge in [0.05, 0.1) is 0 Å². The van der Waals surface area contributed by atoms with Crippen LogP contribution in [0, 0.1) is 5.92 Å². The molecule has 0 aliphatic heterocycles. The monoisotopic (exact) mass is 263 g/mol. The van der Waals surface area contributed by atoms with E-state index in [-0.39, 0.29) is 50.2 Å². The molecule has 18 heavy (non-hydrogen) atoms. The van der Waals surface area contributed by atoms with E-state index >= 15 is 0 Å². The lowest BCUT2D eigenvalue weighted by Gasteiger charge is -2.34. The van der Waals surface area contributed by atoms with Crippen molar-refractivity contribution in [2.75, 3.05) is 13.2 Å². The molecule has 1 amide bonds. The van der Waals surface area contributed by atoms with Crippen molar-refractivity contribution in [3.8, 4) is 0 Å². The molecule has 5 heteroatoms. The molecule has 1 N–H and O–H groups in total. The number of aliphatic hydroxyl groups is 1. The Hall–Kier alpha value is -0.710. The van der Waals surface area contributed by atoms with Crippen LogP contribution in [0.2, 0.25) is 0 Å². The van der Waals surface area contributed by atoms with E-state index in [0.717, 1.165) is 0 Å². The summed E-state index contributed by atoms with van der Waals surface area (Å²) in [7, 11) is 0. The SMILES string of the molecule is CC(C)N(CCCO)C(=O)C1CCC(F)(F)CC1. The number of carbonyl (C=O) groups excluding carboxylic acids is 1. The number of halogens is 2. The third-order valence-electron chi connectivity index (χ3n) is 3.53. The number of hydrogen-bond acceptors (Lipinski definition) is 2. The highest BCUT2D eigenvalue weighted by Gasteiger charge is 2.38. The lowest BCUT2D eigenvalue weighted by molar-refractivity contribution is -0.141. The molecule has 0 aromatic heterocycles. The number of hydrogen-bond donors (Lipinski definition) is 1. The fraction of sp³-hybridized carbons (Fsp3) is 0.923. The zero-order valence-corrected chi connectivity index (χ0v) is 11.2. The molecule has 0 aromatic carbocycles. The van der Waals surface area contributed by atoms with Gasteiger partial charge in [0.15, 0.2) is 0 Å². The lowest BCUT2D eigenvalue weighted by atomic mass is 9.85. The maximum Gasteiger partial charge on any atom is 0.248 e. The van der Waals surface area contributed by atoms with Gasteiger partial charge in [-0.1, -0.05) is 0 Å². The normalized spacial score (nSPS) is 20.1. The topological polar surface area (TPSA) is 40.5 Å². The molecule has 0 spiro atoms. The second-order valence-corrected chi connectivity index (χ2v) is 5.33. The molecule has 1 fully saturated rings. The number of aliphatic hydroxyl groups excluding tert-OH is 1. The van der Waals surface area contributed by atoms with Crippen LogP contribution in [0.15, 0.2) is 0 Å². The van der Waals surface area contributed by atoms with E-state index in [1.54, 1.807) is 4.90 Å². The van der Waals surface area contributed by atoms with Crippen molar-refractivity contribution in [1.82, 2.24) is 4.90 Å². The Morgan fingerprint density at radius 3 is 2.39 bits per heavy atom. The molecular weight excluding hydrogens is 240 g/mol. The summed E-state index contributed by atoms with van der Waals surface area (Å²) in [6, 6.07) is 0.0477. The molecular formula is C13H23F2NO2. The Kier molecular flexibility index (Phi) is 5.50. The quantitative estimate of drug-likeness (QED) is 0.827. The first kappa shape index (κ1) is 15.3. The second kappa shape index (κ2) is 6.45. The van der Waals surface area contributed by atoms with Gasteiger partial charge in [-0.2, -0.15) is 0 Å². The zero-order chi connectivity index (χ0) is 13.8. The van der Waals surface area contributed by atoms with Crippen LogP contribution in [-0.4, -0.2) is 41.0 Å². The summed E-state index contributed by atoms with van der Waals surface area (Å²) in [5, 5.41) is 8.82. The number of carbonyl (C=O) groups is 1. The van der Waals surface area contributed by atoms with Gasteiger partial charge in [0.1, 0.15) is 0 Å². The molecule has 0 heterocycles. The van der Waals surface area contributed by atoms with Gasteiger partial charge in [-0.15, -0.1) is 0 Å². The largest absolute Gasteiger partial charge is 0.396 e. The van der Waals surface area contributed by atoms with Crippen molar-refractivity contribution < 1.29 is 18.7 Å². The third-order valence-corrected chi connectivity index (χ3v) is 3.53. The molecule has 3 nitrogen and oxygen atoms in total. The molecule has 1 aliphatic rings. The van der Waals surface area contributed by atoms with Crippen molar-refractivity contribution in [3.05, 3.63) is 0 Å². The van der Waals surface area contributed by atoms with Crippen molar-refractivity contribution in [2.24, 2.45) is 5.92 Å². The van der Waals surface area contributed by atoms with Crippen molar-refractivity contribution in [2.45, 2.75) is 57.9 Å². The third kappa shape index (κ3) is 4.19. The van der Waals surface area contributed by atoms with Gasteiger partial charge in [-0.05, 0) is 33.1 Å². The van der Waals surface area contributed by atoms with Crippen LogP contribution >= 0.6 is 0 Å².